The maximum absolute atomic E-state index is 9.60. The molecule has 0 saturated carbocycles. The second kappa shape index (κ2) is 5.70. The molecule has 17 heavy (non-hydrogen) atoms. The summed E-state index contributed by atoms with van der Waals surface area (Å²) in [6.45, 7) is 5.03. The Kier molecular flexibility index (Phi) is 4.24. The van der Waals surface area contributed by atoms with E-state index < -0.39 is 7.12 Å². The van der Waals surface area contributed by atoms with E-state index in [1.165, 1.54) is 31.2 Å². The van der Waals surface area contributed by atoms with E-state index in [1.54, 1.807) is 0 Å². The largest absolute Gasteiger partial charge is 0.491 e. The van der Waals surface area contributed by atoms with Crippen LogP contribution < -0.4 is 5.46 Å². The van der Waals surface area contributed by atoms with Crippen molar-refractivity contribution in [3.05, 3.63) is 29.3 Å². The Hall–Kier alpha value is -0.795. The van der Waals surface area contributed by atoms with Crippen LogP contribution in [-0.4, -0.2) is 12.1 Å². The summed E-state index contributed by atoms with van der Waals surface area (Å²) in [5.41, 5.74) is 3.51. The van der Waals surface area contributed by atoms with E-state index in [-0.39, 0.29) is 0 Å². The van der Waals surface area contributed by atoms with Gasteiger partial charge in [0.25, 0.3) is 0 Å². The van der Waals surface area contributed by atoms with Crippen LogP contribution in [0.3, 0.4) is 0 Å². The van der Waals surface area contributed by atoms with E-state index in [2.05, 4.69) is 26.0 Å². The minimum absolute atomic E-state index is 0.551. The molecule has 1 heterocycles. The fourth-order valence-corrected chi connectivity index (χ4v) is 2.68. The van der Waals surface area contributed by atoms with Crippen LogP contribution in [-0.2, 0) is 11.3 Å². The van der Waals surface area contributed by atoms with Gasteiger partial charge in [-0.1, -0.05) is 44.9 Å². The molecule has 3 heteroatoms. The highest BCUT2D eigenvalue weighted by Gasteiger charge is 2.27. The number of hydrogen-bond donors (Lipinski definition) is 1. The van der Waals surface area contributed by atoms with Gasteiger partial charge in [0.2, 0.25) is 0 Å². The second-order valence-corrected chi connectivity index (χ2v) is 4.90. The molecule has 92 valence electrons. The van der Waals surface area contributed by atoms with Crippen molar-refractivity contribution in [3.8, 4) is 0 Å². The van der Waals surface area contributed by atoms with Crippen molar-refractivity contribution in [2.24, 2.45) is 0 Å². The zero-order valence-electron chi connectivity index (χ0n) is 10.8. The maximum atomic E-state index is 9.60. The van der Waals surface area contributed by atoms with Crippen LogP contribution >= 0.6 is 0 Å². The van der Waals surface area contributed by atoms with Crippen molar-refractivity contribution in [1.82, 2.24) is 0 Å². The van der Waals surface area contributed by atoms with Crippen LogP contribution in [0.5, 0.6) is 0 Å². The third kappa shape index (κ3) is 2.72. The minimum Gasteiger partial charge on any atom is -0.423 e. The van der Waals surface area contributed by atoms with E-state index in [0.29, 0.717) is 12.5 Å². The monoisotopic (exact) mass is 232 g/mol. The lowest BCUT2D eigenvalue weighted by molar-refractivity contribution is 0.275. The van der Waals surface area contributed by atoms with Crippen molar-refractivity contribution in [2.45, 2.75) is 52.1 Å². The van der Waals surface area contributed by atoms with E-state index in [0.717, 1.165) is 11.0 Å². The minimum atomic E-state index is -0.713. The van der Waals surface area contributed by atoms with Crippen LogP contribution in [0.2, 0.25) is 0 Å². The summed E-state index contributed by atoms with van der Waals surface area (Å²) in [6.07, 6.45) is 4.94. The molecular formula is C14H21BO2. The molecule has 1 aromatic rings. The molecule has 1 aliphatic heterocycles. The summed E-state index contributed by atoms with van der Waals surface area (Å²) in [4.78, 5) is 0. The van der Waals surface area contributed by atoms with Crippen LogP contribution in [0.1, 0.15) is 56.6 Å². The molecule has 0 unspecified atom stereocenters. The molecule has 0 aliphatic carbocycles. The molecule has 2 rings (SSSR count). The van der Waals surface area contributed by atoms with Gasteiger partial charge in [-0.25, -0.2) is 0 Å². The summed E-state index contributed by atoms with van der Waals surface area (Å²) in [6, 6.07) is 6.41. The first-order valence-corrected chi connectivity index (χ1v) is 6.68. The van der Waals surface area contributed by atoms with Gasteiger partial charge in [-0.05, 0) is 35.3 Å². The summed E-state index contributed by atoms with van der Waals surface area (Å²) in [5, 5.41) is 9.60. The predicted molar refractivity (Wildman–Crippen MR) is 71.4 cm³/mol. The first-order chi connectivity index (χ1) is 8.26. The standard InChI is InChI=1S/C14H21BO2/c1-3-5-11(6-4-2)12-7-8-14-13(9-12)10-17-15(14)16/h7-9,11,16H,3-6,10H2,1-2H3. The SMILES string of the molecule is CCCC(CCC)c1ccc2c(c1)COB2O. The van der Waals surface area contributed by atoms with Gasteiger partial charge >= 0.3 is 7.12 Å². The fourth-order valence-electron chi connectivity index (χ4n) is 2.68. The third-order valence-electron chi connectivity index (χ3n) is 3.58. The van der Waals surface area contributed by atoms with Gasteiger partial charge in [0.05, 0.1) is 6.61 Å². The molecule has 0 aromatic heterocycles. The van der Waals surface area contributed by atoms with Gasteiger partial charge in [-0.2, -0.15) is 0 Å². The van der Waals surface area contributed by atoms with Crippen molar-refractivity contribution in [1.29, 1.82) is 0 Å². The Morgan fingerprint density at radius 3 is 2.65 bits per heavy atom. The molecule has 0 amide bonds. The number of hydrogen-bond acceptors (Lipinski definition) is 2. The van der Waals surface area contributed by atoms with Crippen molar-refractivity contribution < 1.29 is 9.68 Å². The van der Waals surface area contributed by atoms with E-state index in [9.17, 15) is 5.02 Å². The summed E-state index contributed by atoms with van der Waals surface area (Å²) in [5.74, 6) is 0.660. The molecular weight excluding hydrogens is 211 g/mol. The predicted octanol–water partition coefficient (Wildman–Crippen LogP) is 2.59. The average Bonchev–Trinajstić information content (AvgIpc) is 2.70. The van der Waals surface area contributed by atoms with Crippen LogP contribution in [0.25, 0.3) is 0 Å². The molecule has 1 aliphatic rings. The Balaban J connectivity index is 2.20. The molecule has 0 spiro atoms. The van der Waals surface area contributed by atoms with E-state index in [1.807, 2.05) is 6.07 Å². The maximum Gasteiger partial charge on any atom is 0.491 e. The normalized spacial score (nSPS) is 14.5. The number of fused-ring (bicyclic) bond motifs is 1. The molecule has 0 saturated heterocycles. The lowest BCUT2D eigenvalue weighted by Crippen LogP contribution is -2.27. The van der Waals surface area contributed by atoms with Crippen LogP contribution in [0, 0.1) is 0 Å². The Morgan fingerprint density at radius 1 is 1.29 bits per heavy atom. The molecule has 2 nitrogen and oxygen atoms in total. The van der Waals surface area contributed by atoms with Crippen molar-refractivity contribution >= 4 is 12.6 Å². The van der Waals surface area contributed by atoms with E-state index in [4.69, 9.17) is 4.65 Å². The van der Waals surface area contributed by atoms with Gasteiger partial charge in [0, 0.05) is 0 Å². The Bertz CT molecular complexity index is 372. The first kappa shape index (κ1) is 12.7. The molecule has 1 N–H and O–H groups in total. The van der Waals surface area contributed by atoms with Crippen LogP contribution in [0.4, 0.5) is 0 Å². The van der Waals surface area contributed by atoms with Gasteiger partial charge in [0.1, 0.15) is 0 Å². The highest BCUT2D eigenvalue weighted by molar-refractivity contribution is 6.61. The van der Waals surface area contributed by atoms with Crippen LogP contribution in [0.15, 0.2) is 18.2 Å². The highest BCUT2D eigenvalue weighted by Crippen LogP contribution is 2.27. The fraction of sp³-hybridized carbons (Fsp3) is 0.571. The van der Waals surface area contributed by atoms with Gasteiger partial charge in [0.15, 0.2) is 0 Å². The molecule has 0 atom stereocenters. The van der Waals surface area contributed by atoms with Crippen molar-refractivity contribution in [2.75, 3.05) is 0 Å². The first-order valence-electron chi connectivity index (χ1n) is 6.68. The van der Waals surface area contributed by atoms with Gasteiger partial charge < -0.3 is 9.68 Å². The topological polar surface area (TPSA) is 29.5 Å². The zero-order valence-corrected chi connectivity index (χ0v) is 10.8. The number of rotatable bonds is 5. The molecule has 0 fully saturated rings. The lowest BCUT2D eigenvalue weighted by atomic mass is 9.78. The summed E-state index contributed by atoms with van der Waals surface area (Å²) < 4.78 is 5.23. The summed E-state index contributed by atoms with van der Waals surface area (Å²) >= 11 is 0. The number of benzene rings is 1. The molecule has 0 radical (unpaired) electrons. The van der Waals surface area contributed by atoms with Gasteiger partial charge in [-0.3, -0.25) is 0 Å². The molecule has 1 aromatic carbocycles. The highest BCUT2D eigenvalue weighted by atomic mass is 16.5. The Labute approximate surface area is 104 Å². The molecule has 0 bridgehead atoms. The third-order valence-corrected chi connectivity index (χ3v) is 3.58. The lowest BCUT2D eigenvalue weighted by Gasteiger charge is -2.16. The van der Waals surface area contributed by atoms with Gasteiger partial charge in [-0.15, -0.1) is 0 Å². The second-order valence-electron chi connectivity index (χ2n) is 4.90. The summed E-state index contributed by atoms with van der Waals surface area (Å²) in [7, 11) is -0.713. The Morgan fingerprint density at radius 2 is 2.00 bits per heavy atom. The average molecular weight is 232 g/mol. The quantitative estimate of drug-likeness (QED) is 0.790. The van der Waals surface area contributed by atoms with Crippen molar-refractivity contribution in [3.63, 3.8) is 0 Å². The van der Waals surface area contributed by atoms with E-state index >= 15 is 0 Å². The smallest absolute Gasteiger partial charge is 0.423 e. The zero-order chi connectivity index (χ0) is 12.3.